The third-order valence-corrected chi connectivity index (χ3v) is 7.72. The molecule has 0 saturated heterocycles. The number of H-pyrrole nitrogens is 2. The number of aliphatic hydroxyl groups excluding tert-OH is 1. The van der Waals surface area contributed by atoms with Crippen LogP contribution in [0.15, 0.2) is 103 Å². The van der Waals surface area contributed by atoms with Crippen LogP contribution in [0.5, 0.6) is 0 Å². The van der Waals surface area contributed by atoms with Crippen LogP contribution < -0.4 is 5.32 Å². The van der Waals surface area contributed by atoms with Gasteiger partial charge in [-0.2, -0.15) is 9.49 Å². The molecule has 0 saturated carbocycles. The molecule has 0 aliphatic rings. The van der Waals surface area contributed by atoms with Crippen LogP contribution in [-0.2, 0) is 0 Å². The number of anilines is 1. The van der Waals surface area contributed by atoms with E-state index < -0.39 is 6.23 Å². The first-order chi connectivity index (χ1) is 19.1. The highest BCUT2D eigenvalue weighted by atomic mass is 32.1. The van der Waals surface area contributed by atoms with Gasteiger partial charge in [0.2, 0.25) is 0 Å². The molecule has 8 heteroatoms. The van der Waals surface area contributed by atoms with E-state index in [9.17, 15) is 9.50 Å². The zero-order valence-corrected chi connectivity index (χ0v) is 21.3. The van der Waals surface area contributed by atoms with E-state index in [1.807, 2.05) is 72.8 Å². The van der Waals surface area contributed by atoms with Crippen molar-refractivity contribution < 1.29 is 9.50 Å². The summed E-state index contributed by atoms with van der Waals surface area (Å²) in [4.78, 5) is 8.77. The molecule has 0 spiro atoms. The zero-order chi connectivity index (χ0) is 26.3. The minimum atomic E-state index is -0.844. The Morgan fingerprint density at radius 3 is 2.56 bits per heavy atom. The van der Waals surface area contributed by atoms with Gasteiger partial charge in [0.05, 0.1) is 23.1 Å². The van der Waals surface area contributed by atoms with Crippen LogP contribution >= 0.6 is 11.3 Å². The first-order valence-corrected chi connectivity index (χ1v) is 13.2. The Morgan fingerprint density at radius 1 is 0.821 bits per heavy atom. The number of hydrogen-bond donors (Lipinski definition) is 4. The Kier molecular flexibility index (Phi) is 5.69. The number of aromatic amines is 2. The van der Waals surface area contributed by atoms with Gasteiger partial charge in [-0.25, -0.2) is 0 Å². The van der Waals surface area contributed by atoms with Crippen molar-refractivity contribution in [3.8, 4) is 33.0 Å². The van der Waals surface area contributed by atoms with Gasteiger partial charge in [0.1, 0.15) is 5.69 Å². The minimum absolute atomic E-state index is 0.202. The molecule has 1 unspecified atom stereocenters. The Morgan fingerprint density at radius 2 is 1.72 bits per heavy atom. The number of benzene rings is 3. The SMILES string of the molecule is OC(Nc1cncc(-c2ccc3[nH]nc(-c4cc5c(-c6ccc(F)s6)cccc5[nH]4)c3c2)c1)c1ccccc1. The number of nitrogens with zero attached hydrogens (tertiary/aromatic N) is 2. The molecule has 7 aromatic rings. The quantitative estimate of drug-likeness (QED) is 0.165. The fourth-order valence-electron chi connectivity index (χ4n) is 4.91. The van der Waals surface area contributed by atoms with Crippen molar-refractivity contribution in [3.05, 3.63) is 114 Å². The van der Waals surface area contributed by atoms with Crippen LogP contribution in [0.4, 0.5) is 10.1 Å². The normalized spacial score (nSPS) is 12.3. The van der Waals surface area contributed by atoms with Crippen LogP contribution in [0.1, 0.15) is 11.8 Å². The average Bonchev–Trinajstić information content (AvgIpc) is 3.71. The molecule has 1 atom stereocenters. The van der Waals surface area contributed by atoms with Gasteiger partial charge >= 0.3 is 0 Å². The van der Waals surface area contributed by atoms with Gasteiger partial charge in [0, 0.05) is 44.1 Å². The second-order valence-corrected chi connectivity index (χ2v) is 10.3. The molecule has 3 aromatic carbocycles. The van der Waals surface area contributed by atoms with Gasteiger partial charge in [-0.1, -0.05) is 48.5 Å². The maximum absolute atomic E-state index is 13.7. The van der Waals surface area contributed by atoms with Crippen LogP contribution in [0.2, 0.25) is 0 Å². The summed E-state index contributed by atoms with van der Waals surface area (Å²) in [6.07, 6.45) is 2.65. The van der Waals surface area contributed by atoms with Crippen molar-refractivity contribution in [1.29, 1.82) is 0 Å². The predicted molar refractivity (Wildman–Crippen MR) is 155 cm³/mol. The molecular weight excluding hydrogens is 509 g/mol. The fourth-order valence-corrected chi connectivity index (χ4v) is 5.68. The Labute approximate surface area is 226 Å². The van der Waals surface area contributed by atoms with Crippen molar-refractivity contribution in [2.45, 2.75) is 6.23 Å². The lowest BCUT2D eigenvalue weighted by atomic mass is 10.0. The molecule has 6 nitrogen and oxygen atoms in total. The number of nitrogens with one attached hydrogen (secondary N) is 3. The molecule has 0 aliphatic carbocycles. The van der Waals surface area contributed by atoms with Gasteiger partial charge in [-0.3, -0.25) is 10.1 Å². The topological polar surface area (TPSA) is 89.6 Å². The lowest BCUT2D eigenvalue weighted by Crippen LogP contribution is -2.09. The van der Waals surface area contributed by atoms with E-state index >= 15 is 0 Å². The maximum atomic E-state index is 13.7. The first kappa shape index (κ1) is 23.3. The maximum Gasteiger partial charge on any atom is 0.176 e. The van der Waals surface area contributed by atoms with Crippen molar-refractivity contribution in [2.24, 2.45) is 0 Å². The second kappa shape index (κ2) is 9.50. The largest absolute Gasteiger partial charge is 0.369 e. The standard InChI is InChI=1S/C31H22FN5OS/c32-29-12-11-28(39-29)22-7-4-8-25-23(22)15-27(35-25)30-24-14-19(9-10-26(24)36-37-30)20-13-21(17-33-16-20)34-31(38)18-5-2-1-3-6-18/h1-17,31,34-35,38H,(H,36,37). The highest BCUT2D eigenvalue weighted by molar-refractivity contribution is 7.14. The zero-order valence-electron chi connectivity index (χ0n) is 20.5. The predicted octanol–water partition coefficient (Wildman–Crippen LogP) is 7.74. The van der Waals surface area contributed by atoms with E-state index in [2.05, 4.69) is 37.6 Å². The van der Waals surface area contributed by atoms with Crippen molar-refractivity contribution in [2.75, 3.05) is 5.32 Å². The summed E-state index contributed by atoms with van der Waals surface area (Å²) in [6.45, 7) is 0. The van der Waals surface area contributed by atoms with Crippen LogP contribution in [0, 0.1) is 5.13 Å². The van der Waals surface area contributed by atoms with Gasteiger partial charge in [0.15, 0.2) is 11.4 Å². The van der Waals surface area contributed by atoms with Crippen molar-refractivity contribution in [1.82, 2.24) is 20.2 Å². The summed E-state index contributed by atoms with van der Waals surface area (Å²) < 4.78 is 13.7. The first-order valence-electron chi connectivity index (χ1n) is 12.4. The van der Waals surface area contributed by atoms with Gasteiger partial charge in [0.25, 0.3) is 0 Å². The lowest BCUT2D eigenvalue weighted by Gasteiger charge is -2.15. The molecule has 0 radical (unpaired) electrons. The third kappa shape index (κ3) is 4.35. The monoisotopic (exact) mass is 531 g/mol. The molecule has 4 N–H and O–H groups in total. The van der Waals surface area contributed by atoms with E-state index in [4.69, 9.17) is 0 Å². The lowest BCUT2D eigenvalue weighted by molar-refractivity contribution is 0.208. The average molecular weight is 532 g/mol. The molecule has 39 heavy (non-hydrogen) atoms. The Bertz CT molecular complexity index is 1940. The summed E-state index contributed by atoms with van der Waals surface area (Å²) >= 11 is 1.14. The number of fused-ring (bicyclic) bond motifs is 2. The number of thiophene rings is 1. The minimum Gasteiger partial charge on any atom is -0.369 e. The number of rotatable bonds is 6. The molecule has 0 aliphatic heterocycles. The van der Waals surface area contributed by atoms with Crippen molar-refractivity contribution in [3.63, 3.8) is 0 Å². The number of aliphatic hydroxyl groups is 1. The summed E-state index contributed by atoms with van der Waals surface area (Å²) in [7, 11) is 0. The fraction of sp³-hybridized carbons (Fsp3) is 0.0323. The Balaban J connectivity index is 1.25. The van der Waals surface area contributed by atoms with E-state index in [-0.39, 0.29) is 5.13 Å². The smallest absolute Gasteiger partial charge is 0.176 e. The number of aromatic nitrogens is 4. The third-order valence-electron chi connectivity index (χ3n) is 6.81. The molecule has 7 rings (SSSR count). The number of hydrogen-bond acceptors (Lipinski definition) is 5. The van der Waals surface area contributed by atoms with Gasteiger partial charge in [-0.05, 0) is 48.0 Å². The van der Waals surface area contributed by atoms with Crippen LogP contribution in [0.25, 0.3) is 54.8 Å². The Hall–Kier alpha value is -4.79. The van der Waals surface area contributed by atoms with E-state index in [0.29, 0.717) is 5.69 Å². The van der Waals surface area contributed by atoms with Crippen LogP contribution in [0.3, 0.4) is 0 Å². The number of pyridine rings is 1. The van der Waals surface area contributed by atoms with Crippen molar-refractivity contribution >= 4 is 38.8 Å². The summed E-state index contributed by atoms with van der Waals surface area (Å²) in [5.41, 5.74) is 7.90. The summed E-state index contributed by atoms with van der Waals surface area (Å²) in [5.74, 6) is 0. The van der Waals surface area contributed by atoms with E-state index in [1.165, 1.54) is 6.07 Å². The van der Waals surface area contributed by atoms with Gasteiger partial charge < -0.3 is 15.4 Å². The van der Waals surface area contributed by atoms with E-state index in [0.717, 1.165) is 71.7 Å². The second-order valence-electron chi connectivity index (χ2n) is 9.31. The molecule has 4 heterocycles. The van der Waals surface area contributed by atoms with E-state index in [1.54, 1.807) is 12.4 Å². The highest BCUT2D eigenvalue weighted by Gasteiger charge is 2.15. The summed E-state index contributed by atoms with van der Waals surface area (Å²) in [6, 6.07) is 28.9. The molecule has 4 aromatic heterocycles. The van der Waals surface area contributed by atoms with Crippen LogP contribution in [-0.4, -0.2) is 25.3 Å². The number of halogens is 1. The molecule has 0 fully saturated rings. The molecular formula is C31H22FN5OS. The molecule has 0 bridgehead atoms. The van der Waals surface area contributed by atoms with Gasteiger partial charge in [-0.15, -0.1) is 11.3 Å². The molecule has 0 amide bonds. The summed E-state index contributed by atoms with van der Waals surface area (Å²) in [5, 5.41) is 23.2. The highest BCUT2D eigenvalue weighted by Crippen LogP contribution is 2.37. The molecule has 190 valence electrons.